The zero-order valence-corrected chi connectivity index (χ0v) is 8.20. The Bertz CT molecular complexity index is 299. The highest BCUT2D eigenvalue weighted by molar-refractivity contribution is 5.69. The molecule has 0 spiro atoms. The van der Waals surface area contributed by atoms with Crippen molar-refractivity contribution in [3.05, 3.63) is 36.8 Å². The number of hydrogen-bond acceptors (Lipinski definition) is 4. The molecule has 0 heterocycles. The molecular weight excluding hydrogens is 184 g/mol. The maximum Gasteiger partial charge on any atom is 0.308 e. The number of rotatable bonds is 4. The number of hydrogen-bond donors (Lipinski definition) is 0. The van der Waals surface area contributed by atoms with Crippen molar-refractivity contribution in [2.45, 2.75) is 13.8 Å². The Kier molecular flexibility index (Phi) is 4.99. The van der Waals surface area contributed by atoms with E-state index in [1.807, 2.05) is 0 Å². The van der Waals surface area contributed by atoms with Crippen LogP contribution in [0.25, 0.3) is 0 Å². The molecule has 0 aromatic rings. The summed E-state index contributed by atoms with van der Waals surface area (Å²) in [4.78, 5) is 21.1. The molecule has 0 aromatic heterocycles. The number of carbonyl (C=O) groups is 2. The normalized spacial score (nSPS) is 10.3. The van der Waals surface area contributed by atoms with Crippen molar-refractivity contribution in [1.29, 1.82) is 0 Å². The fourth-order valence-electron chi connectivity index (χ4n) is 0.669. The quantitative estimate of drug-likeness (QED) is 0.390. The Morgan fingerprint density at radius 2 is 1.64 bits per heavy atom. The van der Waals surface area contributed by atoms with Crippen molar-refractivity contribution >= 4 is 11.9 Å². The van der Waals surface area contributed by atoms with E-state index < -0.39 is 11.9 Å². The van der Waals surface area contributed by atoms with Crippen molar-refractivity contribution in [2.75, 3.05) is 0 Å². The van der Waals surface area contributed by atoms with Gasteiger partial charge in [0.2, 0.25) is 0 Å². The van der Waals surface area contributed by atoms with E-state index in [1.54, 1.807) is 0 Å². The Labute approximate surface area is 82.5 Å². The Morgan fingerprint density at radius 3 is 2.00 bits per heavy atom. The van der Waals surface area contributed by atoms with Crippen LogP contribution in [-0.4, -0.2) is 11.9 Å². The van der Waals surface area contributed by atoms with Crippen LogP contribution in [0, 0.1) is 0 Å². The number of ether oxygens (including phenoxy) is 2. The molecule has 0 amide bonds. The summed E-state index contributed by atoms with van der Waals surface area (Å²) in [6.45, 7) is 9.35. The maximum absolute atomic E-state index is 10.6. The molecule has 0 bridgehead atoms. The van der Waals surface area contributed by atoms with Gasteiger partial charge in [-0.25, -0.2) is 0 Å². The molecule has 0 saturated heterocycles. The van der Waals surface area contributed by atoms with Gasteiger partial charge in [-0.3, -0.25) is 9.59 Å². The molecule has 14 heavy (non-hydrogen) atoms. The molecule has 0 radical (unpaired) electrons. The number of carbonyl (C=O) groups excluding carboxylic acids is 2. The summed E-state index contributed by atoms with van der Waals surface area (Å²) in [5.41, 5.74) is 0. The van der Waals surface area contributed by atoms with Gasteiger partial charge in [0, 0.05) is 19.9 Å². The van der Waals surface area contributed by atoms with Gasteiger partial charge in [0.05, 0.1) is 0 Å². The second kappa shape index (κ2) is 5.75. The summed E-state index contributed by atoms with van der Waals surface area (Å²) in [7, 11) is 0. The molecule has 0 atom stereocenters. The first-order chi connectivity index (χ1) is 6.45. The first-order valence-corrected chi connectivity index (χ1v) is 3.85. The van der Waals surface area contributed by atoms with E-state index >= 15 is 0 Å². The van der Waals surface area contributed by atoms with Gasteiger partial charge in [-0.15, -0.1) is 0 Å². The summed E-state index contributed by atoms with van der Waals surface area (Å²) in [5.74, 6) is -0.693. The molecule has 0 aliphatic rings. The van der Waals surface area contributed by atoms with Crippen LogP contribution in [0.5, 0.6) is 0 Å². The molecule has 4 nitrogen and oxygen atoms in total. The van der Waals surface area contributed by atoms with Crippen LogP contribution >= 0.6 is 0 Å². The van der Waals surface area contributed by atoms with Gasteiger partial charge in [-0.05, 0) is 6.08 Å². The lowest BCUT2D eigenvalue weighted by Crippen LogP contribution is -2.00. The minimum Gasteiger partial charge on any atom is -0.427 e. The molecule has 4 heteroatoms. The average molecular weight is 196 g/mol. The zero-order chi connectivity index (χ0) is 11.1. The van der Waals surface area contributed by atoms with E-state index in [4.69, 9.17) is 4.74 Å². The monoisotopic (exact) mass is 196 g/mol. The summed E-state index contributed by atoms with van der Waals surface area (Å²) in [6, 6.07) is 0. The van der Waals surface area contributed by atoms with Gasteiger partial charge >= 0.3 is 11.9 Å². The maximum atomic E-state index is 10.6. The van der Waals surface area contributed by atoms with Gasteiger partial charge in [-0.2, -0.15) is 0 Å². The van der Waals surface area contributed by atoms with Crippen LogP contribution in [0.1, 0.15) is 13.8 Å². The van der Waals surface area contributed by atoms with E-state index in [9.17, 15) is 9.59 Å². The Hall–Kier alpha value is -1.84. The molecule has 0 fully saturated rings. The third-order valence-electron chi connectivity index (χ3n) is 1.04. The van der Waals surface area contributed by atoms with Crippen LogP contribution in [0.4, 0.5) is 0 Å². The van der Waals surface area contributed by atoms with Crippen LogP contribution in [-0.2, 0) is 19.1 Å². The first-order valence-electron chi connectivity index (χ1n) is 3.85. The average Bonchev–Trinajstić information content (AvgIpc) is 2.00. The first kappa shape index (κ1) is 12.2. The van der Waals surface area contributed by atoms with Crippen LogP contribution in [0.3, 0.4) is 0 Å². The minimum absolute atomic E-state index is 0.0913. The van der Waals surface area contributed by atoms with E-state index in [1.165, 1.54) is 26.0 Å². The number of allylic oxidation sites excluding steroid dienone is 2. The molecular formula is C10H12O4. The highest BCUT2D eigenvalue weighted by atomic mass is 16.5. The fraction of sp³-hybridized carbons (Fsp3) is 0.200. The zero-order valence-electron chi connectivity index (χ0n) is 8.20. The van der Waals surface area contributed by atoms with Crippen molar-refractivity contribution in [2.24, 2.45) is 0 Å². The largest absolute Gasteiger partial charge is 0.427 e. The standard InChI is InChI=1S/C10H12O4/c1-5-10(14-9(4)12)6-7(2)13-8(3)11/h5-6H,1-2H2,3-4H3. The molecule has 0 saturated carbocycles. The van der Waals surface area contributed by atoms with E-state index in [-0.39, 0.29) is 11.5 Å². The Morgan fingerprint density at radius 1 is 1.14 bits per heavy atom. The van der Waals surface area contributed by atoms with Crippen molar-refractivity contribution in [1.82, 2.24) is 0 Å². The van der Waals surface area contributed by atoms with E-state index in [0.717, 1.165) is 0 Å². The van der Waals surface area contributed by atoms with Crippen molar-refractivity contribution in [3.8, 4) is 0 Å². The second-order valence-electron chi connectivity index (χ2n) is 2.40. The lowest BCUT2D eigenvalue weighted by molar-refractivity contribution is -0.136. The molecule has 0 rings (SSSR count). The van der Waals surface area contributed by atoms with Crippen LogP contribution < -0.4 is 0 Å². The fourth-order valence-corrected chi connectivity index (χ4v) is 0.669. The lowest BCUT2D eigenvalue weighted by atomic mass is 10.4. The van der Waals surface area contributed by atoms with E-state index in [0.29, 0.717) is 0 Å². The molecule has 0 N–H and O–H groups in total. The third kappa shape index (κ3) is 5.77. The highest BCUT2D eigenvalue weighted by Gasteiger charge is 2.01. The second-order valence-corrected chi connectivity index (χ2v) is 2.40. The SMILES string of the molecule is C=CC(=CC(=C)OC(C)=O)OC(C)=O. The summed E-state index contributed by atoms with van der Waals surface area (Å²) >= 11 is 0. The van der Waals surface area contributed by atoms with Gasteiger partial charge in [-0.1, -0.05) is 13.2 Å². The molecule has 0 aliphatic carbocycles. The lowest BCUT2D eigenvalue weighted by Gasteiger charge is -2.03. The van der Waals surface area contributed by atoms with Crippen molar-refractivity contribution in [3.63, 3.8) is 0 Å². The van der Waals surface area contributed by atoms with E-state index in [2.05, 4.69) is 17.9 Å². The third-order valence-corrected chi connectivity index (χ3v) is 1.04. The predicted octanol–water partition coefficient (Wildman–Crippen LogP) is 1.70. The topological polar surface area (TPSA) is 52.6 Å². The number of esters is 2. The molecule has 0 unspecified atom stereocenters. The van der Waals surface area contributed by atoms with Gasteiger partial charge < -0.3 is 9.47 Å². The van der Waals surface area contributed by atoms with Crippen molar-refractivity contribution < 1.29 is 19.1 Å². The van der Waals surface area contributed by atoms with Gasteiger partial charge in [0.25, 0.3) is 0 Å². The predicted molar refractivity (Wildman–Crippen MR) is 51.0 cm³/mol. The van der Waals surface area contributed by atoms with Crippen LogP contribution in [0.2, 0.25) is 0 Å². The molecule has 0 aliphatic heterocycles. The Balaban J connectivity index is 4.43. The van der Waals surface area contributed by atoms with Gasteiger partial charge in [0.1, 0.15) is 11.5 Å². The summed E-state index contributed by atoms with van der Waals surface area (Å²) < 4.78 is 9.32. The molecule has 76 valence electrons. The summed E-state index contributed by atoms with van der Waals surface area (Å²) in [5, 5.41) is 0. The highest BCUT2D eigenvalue weighted by Crippen LogP contribution is 2.05. The molecule has 0 aromatic carbocycles. The smallest absolute Gasteiger partial charge is 0.308 e. The van der Waals surface area contributed by atoms with Crippen LogP contribution in [0.15, 0.2) is 36.8 Å². The summed E-state index contributed by atoms with van der Waals surface area (Å²) in [6.07, 6.45) is 2.62. The van der Waals surface area contributed by atoms with Gasteiger partial charge in [0.15, 0.2) is 0 Å². The minimum atomic E-state index is -0.488.